The van der Waals surface area contributed by atoms with Crippen LogP contribution in [-0.4, -0.2) is 43.3 Å². The largest absolute Gasteiger partial charge is 0.482 e. The summed E-state index contributed by atoms with van der Waals surface area (Å²) in [6, 6.07) is 16.8. The van der Waals surface area contributed by atoms with Crippen LogP contribution in [0.3, 0.4) is 0 Å². The first-order chi connectivity index (χ1) is 16.5. The van der Waals surface area contributed by atoms with Crippen LogP contribution in [0.25, 0.3) is 17.1 Å². The summed E-state index contributed by atoms with van der Waals surface area (Å²) >= 11 is 1.33. The van der Waals surface area contributed by atoms with E-state index in [1.165, 1.54) is 11.8 Å². The smallest absolute Gasteiger partial charge is 0.262 e. The first kappa shape index (κ1) is 21.8. The number of anilines is 1. The Labute approximate surface area is 200 Å². The Balaban J connectivity index is 1.48. The summed E-state index contributed by atoms with van der Waals surface area (Å²) in [6.07, 6.45) is 3.45. The molecule has 8 nitrogen and oxygen atoms in total. The molecule has 0 bridgehead atoms. The fourth-order valence-corrected chi connectivity index (χ4v) is 4.68. The number of pyridine rings is 1. The van der Waals surface area contributed by atoms with Crippen molar-refractivity contribution in [2.75, 3.05) is 11.9 Å². The van der Waals surface area contributed by atoms with Gasteiger partial charge in [-0.05, 0) is 55.8 Å². The van der Waals surface area contributed by atoms with Crippen molar-refractivity contribution in [1.29, 1.82) is 0 Å². The van der Waals surface area contributed by atoms with Crippen LogP contribution in [0.5, 0.6) is 5.75 Å². The third-order valence-corrected chi connectivity index (χ3v) is 6.50. The number of Topliss-reactive ketones (excluding diaryl/α,β-unsaturated/α-hetero) is 1. The number of thioether (sulfide) groups is 1. The van der Waals surface area contributed by atoms with Gasteiger partial charge in [0.05, 0.1) is 16.6 Å². The van der Waals surface area contributed by atoms with E-state index in [0.717, 1.165) is 16.8 Å². The van der Waals surface area contributed by atoms with Crippen molar-refractivity contribution in [1.82, 2.24) is 19.7 Å². The zero-order valence-corrected chi connectivity index (χ0v) is 19.4. The molecule has 1 aliphatic heterocycles. The lowest BCUT2D eigenvalue weighted by atomic mass is 10.1. The highest BCUT2D eigenvalue weighted by Crippen LogP contribution is 2.34. The highest BCUT2D eigenvalue weighted by atomic mass is 32.2. The summed E-state index contributed by atoms with van der Waals surface area (Å²) < 4.78 is 7.35. The van der Waals surface area contributed by atoms with E-state index in [9.17, 15) is 9.59 Å². The molecule has 2 aromatic heterocycles. The lowest BCUT2D eigenvalue weighted by Crippen LogP contribution is -2.25. The number of benzene rings is 2. The predicted molar refractivity (Wildman–Crippen MR) is 130 cm³/mol. The van der Waals surface area contributed by atoms with Gasteiger partial charge in [-0.1, -0.05) is 30.0 Å². The lowest BCUT2D eigenvalue weighted by molar-refractivity contribution is -0.118. The quantitative estimate of drug-likeness (QED) is 0.330. The van der Waals surface area contributed by atoms with Gasteiger partial charge in [0.1, 0.15) is 5.75 Å². The van der Waals surface area contributed by atoms with Gasteiger partial charge in [-0.3, -0.25) is 19.1 Å². The standard InChI is InChI=1S/C25H21N5O3S/c1-15-6-3-4-8-20(15)30-24(18-7-5-11-26-13-18)28-29-25(30)34-16(2)23(32)17-9-10-21-19(12-17)27-22(31)14-33-21/h3-13,16H,14H2,1-2H3,(H,27,31)/t16-/m1/s1. The van der Waals surface area contributed by atoms with Gasteiger partial charge < -0.3 is 10.1 Å². The Morgan fingerprint density at radius 3 is 2.79 bits per heavy atom. The number of amides is 1. The maximum atomic E-state index is 13.3. The number of fused-ring (bicyclic) bond motifs is 1. The minimum atomic E-state index is -0.452. The predicted octanol–water partition coefficient (Wildman–Crippen LogP) is 4.33. The third kappa shape index (κ3) is 4.17. The molecule has 3 heterocycles. The van der Waals surface area contributed by atoms with Crippen LogP contribution in [-0.2, 0) is 4.79 Å². The normalized spacial score (nSPS) is 13.5. The molecule has 4 aromatic rings. The van der Waals surface area contributed by atoms with Crippen LogP contribution >= 0.6 is 11.8 Å². The average Bonchev–Trinajstić information content (AvgIpc) is 3.27. The topological polar surface area (TPSA) is 99.0 Å². The molecule has 5 rings (SSSR count). The molecule has 170 valence electrons. The number of para-hydroxylation sites is 1. The molecule has 0 radical (unpaired) electrons. The van der Waals surface area contributed by atoms with Crippen molar-refractivity contribution in [3.8, 4) is 22.8 Å². The maximum Gasteiger partial charge on any atom is 0.262 e. The Morgan fingerprint density at radius 1 is 1.15 bits per heavy atom. The number of hydrogen-bond donors (Lipinski definition) is 1. The number of ketones is 1. The minimum Gasteiger partial charge on any atom is -0.482 e. The average molecular weight is 472 g/mol. The summed E-state index contributed by atoms with van der Waals surface area (Å²) in [5.74, 6) is 0.874. The van der Waals surface area contributed by atoms with Crippen molar-refractivity contribution < 1.29 is 14.3 Å². The van der Waals surface area contributed by atoms with Crippen molar-refractivity contribution in [3.63, 3.8) is 0 Å². The Hall–Kier alpha value is -3.98. The molecule has 0 saturated heterocycles. The fraction of sp³-hybridized carbons (Fsp3) is 0.160. The fourth-order valence-electron chi connectivity index (χ4n) is 3.74. The first-order valence-electron chi connectivity index (χ1n) is 10.7. The molecule has 9 heteroatoms. The molecule has 0 unspecified atom stereocenters. The van der Waals surface area contributed by atoms with Crippen LogP contribution < -0.4 is 10.1 Å². The summed E-state index contributed by atoms with van der Waals surface area (Å²) in [5.41, 5.74) is 3.80. The van der Waals surface area contributed by atoms with Crippen molar-refractivity contribution in [3.05, 3.63) is 78.1 Å². The molecule has 0 saturated carbocycles. The van der Waals surface area contributed by atoms with Crippen LogP contribution in [0.15, 0.2) is 72.1 Å². The van der Waals surface area contributed by atoms with Gasteiger partial charge in [0.15, 0.2) is 23.4 Å². The van der Waals surface area contributed by atoms with Gasteiger partial charge in [-0.2, -0.15) is 0 Å². The van der Waals surface area contributed by atoms with Crippen molar-refractivity contribution in [2.24, 2.45) is 0 Å². The third-order valence-electron chi connectivity index (χ3n) is 5.46. The number of ether oxygens (including phenoxy) is 1. The summed E-state index contributed by atoms with van der Waals surface area (Å²) in [6.45, 7) is 3.83. The number of carbonyl (C=O) groups excluding carboxylic acids is 2. The van der Waals surface area contributed by atoms with E-state index in [2.05, 4.69) is 20.5 Å². The van der Waals surface area contributed by atoms with E-state index in [0.29, 0.717) is 28.0 Å². The first-order valence-corrected chi connectivity index (χ1v) is 11.6. The number of rotatable bonds is 6. The Kier molecular flexibility index (Phi) is 5.85. The summed E-state index contributed by atoms with van der Waals surface area (Å²) in [5, 5.41) is 11.8. The van der Waals surface area contributed by atoms with Crippen LogP contribution in [0.1, 0.15) is 22.8 Å². The highest BCUT2D eigenvalue weighted by Gasteiger charge is 2.25. The van der Waals surface area contributed by atoms with E-state index in [-0.39, 0.29) is 18.3 Å². The number of nitrogens with zero attached hydrogens (tertiary/aromatic N) is 4. The molecule has 1 aliphatic rings. The number of hydrogen-bond acceptors (Lipinski definition) is 7. The van der Waals surface area contributed by atoms with E-state index < -0.39 is 5.25 Å². The van der Waals surface area contributed by atoms with Gasteiger partial charge in [0, 0.05) is 23.5 Å². The molecule has 1 N–H and O–H groups in total. The zero-order chi connectivity index (χ0) is 23.7. The zero-order valence-electron chi connectivity index (χ0n) is 18.6. The number of nitrogens with one attached hydrogen (secondary N) is 1. The van der Waals surface area contributed by atoms with E-state index in [1.54, 1.807) is 30.6 Å². The van der Waals surface area contributed by atoms with Crippen LogP contribution in [0.2, 0.25) is 0 Å². The van der Waals surface area contributed by atoms with Crippen molar-refractivity contribution in [2.45, 2.75) is 24.3 Å². The van der Waals surface area contributed by atoms with Crippen molar-refractivity contribution >= 4 is 29.1 Å². The molecule has 0 fully saturated rings. The van der Waals surface area contributed by atoms with Crippen LogP contribution in [0, 0.1) is 6.92 Å². The molecule has 0 aliphatic carbocycles. The second kappa shape index (κ2) is 9.11. The molecule has 2 aromatic carbocycles. The van der Waals surface area contributed by atoms with Crippen LogP contribution in [0.4, 0.5) is 5.69 Å². The van der Waals surface area contributed by atoms with Gasteiger partial charge in [-0.25, -0.2) is 0 Å². The second-order valence-electron chi connectivity index (χ2n) is 7.84. The van der Waals surface area contributed by atoms with E-state index in [1.807, 2.05) is 54.8 Å². The minimum absolute atomic E-state index is 0.0274. The Bertz CT molecular complexity index is 1390. The molecular weight excluding hydrogens is 450 g/mol. The molecule has 34 heavy (non-hydrogen) atoms. The molecule has 0 spiro atoms. The number of aromatic nitrogens is 4. The van der Waals surface area contributed by atoms with E-state index in [4.69, 9.17) is 4.74 Å². The maximum absolute atomic E-state index is 13.3. The van der Waals surface area contributed by atoms with Gasteiger partial charge in [0.2, 0.25) is 0 Å². The van der Waals surface area contributed by atoms with Gasteiger partial charge >= 0.3 is 0 Å². The lowest BCUT2D eigenvalue weighted by Gasteiger charge is -2.19. The van der Waals surface area contributed by atoms with Gasteiger partial charge in [-0.15, -0.1) is 10.2 Å². The molecule has 1 amide bonds. The second-order valence-corrected chi connectivity index (χ2v) is 9.15. The highest BCUT2D eigenvalue weighted by molar-refractivity contribution is 8.00. The number of carbonyl (C=O) groups is 2. The SMILES string of the molecule is Cc1ccccc1-n1c(S[C@H](C)C(=O)c2ccc3c(c2)NC(=O)CO3)nnc1-c1cccnc1. The Morgan fingerprint density at radius 2 is 2.00 bits per heavy atom. The van der Waals surface area contributed by atoms with E-state index >= 15 is 0 Å². The van der Waals surface area contributed by atoms with Gasteiger partial charge in [0.25, 0.3) is 5.91 Å². The molecule has 1 atom stereocenters. The monoisotopic (exact) mass is 471 g/mol. The number of aryl methyl sites for hydroxylation is 1. The summed E-state index contributed by atoms with van der Waals surface area (Å²) in [4.78, 5) is 29.1. The summed E-state index contributed by atoms with van der Waals surface area (Å²) in [7, 11) is 0. The molecular formula is C25H21N5O3S.